The molecule has 2 rings (SSSR count). The Morgan fingerprint density at radius 3 is 2.52 bits per heavy atom. The summed E-state index contributed by atoms with van der Waals surface area (Å²) in [6.45, 7) is 0. The lowest BCUT2D eigenvalue weighted by molar-refractivity contribution is -0.387. The molecular weight excluding hydrogens is 411 g/mol. The lowest BCUT2D eigenvalue weighted by atomic mass is 10.2. The Morgan fingerprint density at radius 2 is 1.90 bits per heavy atom. The molecule has 0 atom stereocenters. The highest BCUT2D eigenvalue weighted by atomic mass is 79.9. The molecule has 1 N–H and O–H groups in total. The lowest BCUT2D eigenvalue weighted by Gasteiger charge is -2.08. The number of carbonyl (C=O) groups excluding carboxylic acids is 1. The number of amides is 1. The largest absolute Gasteiger partial charge is 0.321 e. The van der Waals surface area contributed by atoms with Crippen molar-refractivity contribution in [1.82, 2.24) is 0 Å². The number of nitro groups is 1. The average molecular weight is 418 g/mol. The molecule has 1 amide bonds. The van der Waals surface area contributed by atoms with E-state index in [0.29, 0.717) is 10.2 Å². The zero-order valence-electron chi connectivity index (χ0n) is 10.3. The zero-order valence-corrected chi connectivity index (χ0v) is 13.4. The summed E-state index contributed by atoms with van der Waals surface area (Å²) >= 11 is 6.55. The first kappa shape index (κ1) is 15.6. The Morgan fingerprint density at radius 1 is 1.19 bits per heavy atom. The number of anilines is 1. The molecule has 2 aromatic rings. The van der Waals surface area contributed by atoms with Gasteiger partial charge in [-0.1, -0.05) is 15.9 Å². The Kier molecular flexibility index (Phi) is 4.69. The Bertz CT molecular complexity index is 737. The molecule has 0 spiro atoms. The molecule has 0 aliphatic heterocycles. The van der Waals surface area contributed by atoms with Crippen LogP contribution in [-0.2, 0) is 0 Å². The summed E-state index contributed by atoms with van der Waals surface area (Å²) < 4.78 is 14.9. The molecule has 108 valence electrons. The van der Waals surface area contributed by atoms with Crippen LogP contribution in [0.4, 0.5) is 15.8 Å². The van der Waals surface area contributed by atoms with E-state index in [0.717, 1.165) is 16.6 Å². The van der Waals surface area contributed by atoms with Gasteiger partial charge in [0.2, 0.25) is 5.82 Å². The minimum Gasteiger partial charge on any atom is -0.321 e. The topological polar surface area (TPSA) is 72.2 Å². The van der Waals surface area contributed by atoms with Gasteiger partial charge in [0.25, 0.3) is 5.91 Å². The standard InChI is InChI=1S/C13H7Br2FN2O3/c14-8-2-3-9(15)11(6-8)17-13(19)7-1-4-12(18(20)21)10(16)5-7/h1-6H,(H,17,19). The molecule has 0 aliphatic carbocycles. The summed E-state index contributed by atoms with van der Waals surface area (Å²) in [5.74, 6) is -1.62. The molecular formula is C13H7Br2FN2O3. The Balaban J connectivity index is 2.26. The molecule has 0 unspecified atom stereocenters. The highest BCUT2D eigenvalue weighted by Crippen LogP contribution is 2.27. The van der Waals surface area contributed by atoms with Crippen LogP contribution < -0.4 is 5.32 Å². The fourth-order valence-corrected chi connectivity index (χ4v) is 2.29. The molecule has 5 nitrogen and oxygen atoms in total. The average Bonchev–Trinajstić information content (AvgIpc) is 2.42. The van der Waals surface area contributed by atoms with Crippen LogP contribution in [0.3, 0.4) is 0 Å². The number of rotatable bonds is 3. The predicted molar refractivity (Wildman–Crippen MR) is 82.8 cm³/mol. The fourth-order valence-electron chi connectivity index (χ4n) is 1.58. The smallest absolute Gasteiger partial charge is 0.304 e. The van der Waals surface area contributed by atoms with E-state index in [1.54, 1.807) is 18.2 Å². The first-order valence-corrected chi connectivity index (χ1v) is 7.17. The highest BCUT2D eigenvalue weighted by molar-refractivity contribution is 9.11. The molecule has 0 saturated carbocycles. The van der Waals surface area contributed by atoms with Crippen LogP contribution >= 0.6 is 31.9 Å². The van der Waals surface area contributed by atoms with E-state index >= 15 is 0 Å². The van der Waals surface area contributed by atoms with Crippen LogP contribution in [0.15, 0.2) is 45.3 Å². The molecule has 0 radical (unpaired) electrons. The first-order chi connectivity index (χ1) is 9.88. The third-order valence-corrected chi connectivity index (χ3v) is 3.77. The monoisotopic (exact) mass is 416 g/mol. The van der Waals surface area contributed by atoms with Gasteiger partial charge in [-0.05, 0) is 46.3 Å². The summed E-state index contributed by atoms with van der Waals surface area (Å²) in [4.78, 5) is 21.7. The minimum absolute atomic E-state index is 0.00928. The van der Waals surface area contributed by atoms with Crippen molar-refractivity contribution < 1.29 is 14.1 Å². The van der Waals surface area contributed by atoms with Gasteiger partial charge >= 0.3 is 5.69 Å². The van der Waals surface area contributed by atoms with Crippen molar-refractivity contribution in [3.8, 4) is 0 Å². The van der Waals surface area contributed by atoms with E-state index < -0.39 is 22.3 Å². The van der Waals surface area contributed by atoms with Gasteiger partial charge in [-0.2, -0.15) is 4.39 Å². The molecule has 0 fully saturated rings. The fraction of sp³-hybridized carbons (Fsp3) is 0. The van der Waals surface area contributed by atoms with E-state index in [-0.39, 0.29) is 5.56 Å². The summed E-state index contributed by atoms with van der Waals surface area (Å²) in [6, 6.07) is 8.17. The Hall–Kier alpha value is -1.80. The summed E-state index contributed by atoms with van der Waals surface area (Å²) in [6.07, 6.45) is 0. The van der Waals surface area contributed by atoms with Gasteiger partial charge < -0.3 is 5.32 Å². The third-order valence-electron chi connectivity index (χ3n) is 2.58. The van der Waals surface area contributed by atoms with Crippen molar-refractivity contribution in [2.75, 3.05) is 5.32 Å². The van der Waals surface area contributed by atoms with Crippen molar-refractivity contribution in [2.45, 2.75) is 0 Å². The number of hydrogen-bond donors (Lipinski definition) is 1. The van der Waals surface area contributed by atoms with E-state index in [9.17, 15) is 19.3 Å². The highest BCUT2D eigenvalue weighted by Gasteiger charge is 2.17. The summed E-state index contributed by atoms with van der Waals surface area (Å²) in [7, 11) is 0. The van der Waals surface area contributed by atoms with Crippen LogP contribution in [0.2, 0.25) is 0 Å². The van der Waals surface area contributed by atoms with E-state index in [1.807, 2.05) is 0 Å². The van der Waals surface area contributed by atoms with Crippen molar-refractivity contribution in [3.05, 3.63) is 66.8 Å². The molecule has 21 heavy (non-hydrogen) atoms. The van der Waals surface area contributed by atoms with Crippen LogP contribution in [0, 0.1) is 15.9 Å². The van der Waals surface area contributed by atoms with Gasteiger partial charge in [0.15, 0.2) is 0 Å². The number of benzene rings is 2. The number of carbonyl (C=O) groups is 1. The van der Waals surface area contributed by atoms with Crippen molar-refractivity contribution >= 4 is 49.1 Å². The first-order valence-electron chi connectivity index (χ1n) is 5.59. The summed E-state index contributed by atoms with van der Waals surface area (Å²) in [5.41, 5.74) is -0.187. The second-order valence-corrected chi connectivity index (χ2v) is 5.77. The normalized spacial score (nSPS) is 10.2. The zero-order chi connectivity index (χ0) is 15.6. The molecule has 2 aromatic carbocycles. The minimum atomic E-state index is -1.05. The number of nitrogens with one attached hydrogen (secondary N) is 1. The van der Waals surface area contributed by atoms with E-state index in [2.05, 4.69) is 37.2 Å². The molecule has 0 aliphatic rings. The molecule has 0 heterocycles. The number of nitrogens with zero attached hydrogens (tertiary/aromatic N) is 1. The van der Waals surface area contributed by atoms with Gasteiger partial charge in [-0.3, -0.25) is 14.9 Å². The van der Waals surface area contributed by atoms with Crippen LogP contribution in [0.25, 0.3) is 0 Å². The van der Waals surface area contributed by atoms with Gasteiger partial charge in [-0.25, -0.2) is 0 Å². The maximum Gasteiger partial charge on any atom is 0.304 e. The van der Waals surface area contributed by atoms with Crippen LogP contribution in [0.5, 0.6) is 0 Å². The van der Waals surface area contributed by atoms with E-state index in [4.69, 9.17) is 0 Å². The van der Waals surface area contributed by atoms with Gasteiger partial charge in [0.1, 0.15) is 0 Å². The van der Waals surface area contributed by atoms with Crippen LogP contribution in [0.1, 0.15) is 10.4 Å². The predicted octanol–water partition coefficient (Wildman–Crippen LogP) is 4.51. The van der Waals surface area contributed by atoms with Gasteiger partial charge in [-0.15, -0.1) is 0 Å². The maximum absolute atomic E-state index is 13.5. The van der Waals surface area contributed by atoms with Crippen LogP contribution in [-0.4, -0.2) is 10.8 Å². The molecule has 0 aromatic heterocycles. The van der Waals surface area contributed by atoms with Crippen molar-refractivity contribution in [2.24, 2.45) is 0 Å². The second kappa shape index (κ2) is 6.31. The second-order valence-electron chi connectivity index (χ2n) is 4.00. The maximum atomic E-state index is 13.5. The third kappa shape index (κ3) is 3.64. The van der Waals surface area contributed by atoms with Crippen molar-refractivity contribution in [1.29, 1.82) is 0 Å². The SMILES string of the molecule is O=C(Nc1cc(Br)ccc1Br)c1ccc([N+](=O)[O-])c(F)c1. The lowest BCUT2D eigenvalue weighted by Crippen LogP contribution is -2.12. The number of hydrogen-bond acceptors (Lipinski definition) is 3. The van der Waals surface area contributed by atoms with Crippen molar-refractivity contribution in [3.63, 3.8) is 0 Å². The van der Waals surface area contributed by atoms with Gasteiger partial charge in [0, 0.05) is 20.6 Å². The Labute approximate surface area is 135 Å². The van der Waals surface area contributed by atoms with E-state index in [1.165, 1.54) is 6.07 Å². The molecule has 0 bridgehead atoms. The number of nitro benzene ring substituents is 1. The number of halogens is 3. The summed E-state index contributed by atoms with van der Waals surface area (Å²) in [5, 5.41) is 13.1. The van der Waals surface area contributed by atoms with Gasteiger partial charge in [0.05, 0.1) is 10.6 Å². The molecule has 8 heteroatoms. The quantitative estimate of drug-likeness (QED) is 0.589. The molecule has 0 saturated heterocycles.